The van der Waals surface area contributed by atoms with Crippen LogP contribution in [0, 0.1) is 11.7 Å². The van der Waals surface area contributed by atoms with Crippen molar-refractivity contribution in [3.8, 4) is 0 Å². The summed E-state index contributed by atoms with van der Waals surface area (Å²) < 4.78 is 14.7. The predicted octanol–water partition coefficient (Wildman–Crippen LogP) is 3.38. The van der Waals surface area contributed by atoms with Crippen LogP contribution in [-0.4, -0.2) is 37.2 Å². The molecule has 0 aliphatic heterocycles. The number of halogens is 1. The number of carbonyl (C=O) groups is 1. The van der Waals surface area contributed by atoms with Gasteiger partial charge < -0.3 is 10.3 Å². The Morgan fingerprint density at radius 1 is 1.17 bits per heavy atom. The number of carbonyl (C=O) groups excluding carboxylic acids is 1. The van der Waals surface area contributed by atoms with Crippen molar-refractivity contribution in [2.45, 2.75) is 38.0 Å². The van der Waals surface area contributed by atoms with Crippen molar-refractivity contribution in [3.05, 3.63) is 59.9 Å². The number of benzene rings is 1. The van der Waals surface area contributed by atoms with Crippen LogP contribution in [-0.2, 0) is 11.2 Å². The van der Waals surface area contributed by atoms with Crippen molar-refractivity contribution in [3.63, 3.8) is 0 Å². The molecule has 1 aromatic carbocycles. The van der Waals surface area contributed by atoms with Crippen LogP contribution in [0.2, 0.25) is 0 Å². The van der Waals surface area contributed by atoms with Crippen LogP contribution < -0.4 is 5.32 Å². The molecule has 0 radical (unpaired) electrons. The average Bonchev–Trinajstić information content (AvgIpc) is 3.41. The van der Waals surface area contributed by atoms with E-state index in [0.29, 0.717) is 18.9 Å². The molecule has 2 N–H and O–H groups in total. The second-order valence-electron chi connectivity index (χ2n) is 7.97. The molecule has 4 aromatic rings. The van der Waals surface area contributed by atoms with Gasteiger partial charge in [0.1, 0.15) is 23.3 Å². The summed E-state index contributed by atoms with van der Waals surface area (Å²) in [6, 6.07) is 8.42. The molecule has 0 atom stereocenters. The summed E-state index contributed by atoms with van der Waals surface area (Å²) in [6.45, 7) is 0.568. The van der Waals surface area contributed by atoms with Crippen molar-refractivity contribution in [2.24, 2.45) is 5.92 Å². The minimum Gasteiger partial charge on any atom is -0.356 e. The molecule has 3 heterocycles. The second-order valence-corrected chi connectivity index (χ2v) is 7.97. The molecular formula is C22H23FN6O. The minimum absolute atomic E-state index is 0.0326. The summed E-state index contributed by atoms with van der Waals surface area (Å²) in [5, 5.41) is 12.7. The average molecular weight is 406 g/mol. The third-order valence-electron chi connectivity index (χ3n) is 6.11. The number of aromatic nitrogens is 5. The van der Waals surface area contributed by atoms with Crippen LogP contribution in [0.25, 0.3) is 16.6 Å². The number of hydrogen-bond acceptors (Lipinski definition) is 4. The summed E-state index contributed by atoms with van der Waals surface area (Å²) >= 11 is 0. The Kier molecular flexibility index (Phi) is 4.90. The number of fused-ring (bicyclic) bond motifs is 3. The predicted molar refractivity (Wildman–Crippen MR) is 110 cm³/mol. The number of hydrogen-bond donors (Lipinski definition) is 2. The van der Waals surface area contributed by atoms with E-state index in [1.807, 2.05) is 12.3 Å². The van der Waals surface area contributed by atoms with Crippen molar-refractivity contribution < 1.29 is 9.18 Å². The fraction of sp³-hybridized carbons (Fsp3) is 0.364. The van der Waals surface area contributed by atoms with E-state index in [1.165, 1.54) is 12.1 Å². The van der Waals surface area contributed by atoms with Gasteiger partial charge in [-0.2, -0.15) is 0 Å². The van der Waals surface area contributed by atoms with Gasteiger partial charge in [0.05, 0.1) is 5.69 Å². The van der Waals surface area contributed by atoms with Crippen LogP contribution in [0.1, 0.15) is 42.9 Å². The van der Waals surface area contributed by atoms with Crippen LogP contribution in [0.4, 0.5) is 4.39 Å². The zero-order chi connectivity index (χ0) is 20.5. The summed E-state index contributed by atoms with van der Waals surface area (Å²) in [5.74, 6) is 0.200. The molecule has 0 saturated heterocycles. The van der Waals surface area contributed by atoms with Gasteiger partial charge in [-0.3, -0.25) is 4.79 Å². The maximum atomic E-state index is 13.0. The first-order chi connectivity index (χ1) is 14.7. The van der Waals surface area contributed by atoms with Gasteiger partial charge in [0.15, 0.2) is 0 Å². The van der Waals surface area contributed by atoms with Gasteiger partial charge in [0, 0.05) is 30.0 Å². The zero-order valence-electron chi connectivity index (χ0n) is 16.5. The molecule has 1 fully saturated rings. The summed E-state index contributed by atoms with van der Waals surface area (Å²) in [5.41, 5.74) is 3.86. The number of nitrogens with zero attached hydrogens (tertiary/aromatic N) is 4. The molecule has 1 aliphatic rings. The number of H-pyrrole nitrogens is 1. The first-order valence-electron chi connectivity index (χ1n) is 10.4. The van der Waals surface area contributed by atoms with Crippen molar-refractivity contribution >= 4 is 22.5 Å². The van der Waals surface area contributed by atoms with Gasteiger partial charge in [-0.05, 0) is 55.9 Å². The van der Waals surface area contributed by atoms with E-state index < -0.39 is 0 Å². The highest BCUT2D eigenvalue weighted by Crippen LogP contribution is 2.37. The molecule has 0 spiro atoms. The highest BCUT2D eigenvalue weighted by Gasteiger charge is 2.30. The zero-order valence-corrected chi connectivity index (χ0v) is 16.5. The van der Waals surface area contributed by atoms with E-state index in [2.05, 4.69) is 25.6 Å². The van der Waals surface area contributed by atoms with E-state index >= 15 is 0 Å². The molecule has 8 heteroatoms. The molecule has 1 saturated carbocycles. The lowest BCUT2D eigenvalue weighted by Gasteiger charge is -2.26. The van der Waals surface area contributed by atoms with Gasteiger partial charge in [-0.1, -0.05) is 17.3 Å². The maximum Gasteiger partial charge on any atom is 0.223 e. The highest BCUT2D eigenvalue weighted by molar-refractivity contribution is 5.92. The standard InChI is InChI=1S/C22H23FN6O/c23-17-7-1-14(2-8-17)9-11-25-22(30)16-5-3-15(4-6-16)19-20-18-10-12-24-21(18)26-13-29(20)28-27-19/h1-2,7-8,10,12-13,15-16,24H,3-6,9,11H2,(H,25,30)/t15-,16-. The summed E-state index contributed by atoms with van der Waals surface area (Å²) in [7, 11) is 0. The summed E-state index contributed by atoms with van der Waals surface area (Å²) in [6.07, 6.45) is 7.78. The Balaban J connectivity index is 1.19. The Labute approximate surface area is 172 Å². The highest BCUT2D eigenvalue weighted by atomic mass is 19.1. The van der Waals surface area contributed by atoms with E-state index in [9.17, 15) is 9.18 Å². The quantitative estimate of drug-likeness (QED) is 0.532. The molecule has 1 aliphatic carbocycles. The molecule has 7 nitrogen and oxygen atoms in total. The van der Waals surface area contributed by atoms with E-state index in [0.717, 1.165) is 53.5 Å². The second kappa shape index (κ2) is 7.85. The SMILES string of the molecule is O=C(NCCc1ccc(F)cc1)[C@H]1CC[C@H](c2nnn3cnc4[nH]ccc4c23)CC1. The van der Waals surface area contributed by atoms with Crippen molar-refractivity contribution in [2.75, 3.05) is 6.54 Å². The fourth-order valence-electron chi connectivity index (χ4n) is 4.45. The lowest BCUT2D eigenvalue weighted by Crippen LogP contribution is -2.34. The van der Waals surface area contributed by atoms with E-state index in [1.54, 1.807) is 23.0 Å². The number of rotatable bonds is 5. The van der Waals surface area contributed by atoms with Gasteiger partial charge in [0.2, 0.25) is 5.91 Å². The molecule has 30 heavy (non-hydrogen) atoms. The van der Waals surface area contributed by atoms with Crippen molar-refractivity contribution in [1.29, 1.82) is 0 Å². The first-order valence-corrected chi connectivity index (χ1v) is 10.4. The van der Waals surface area contributed by atoms with Crippen LogP contribution in [0.5, 0.6) is 0 Å². The topological polar surface area (TPSA) is 88.0 Å². The molecule has 154 valence electrons. The molecule has 0 unspecified atom stereocenters. The Bertz CT molecular complexity index is 1170. The molecule has 3 aromatic heterocycles. The van der Waals surface area contributed by atoms with Crippen LogP contribution >= 0.6 is 0 Å². The third kappa shape index (κ3) is 3.53. The summed E-state index contributed by atoms with van der Waals surface area (Å²) in [4.78, 5) is 20.1. The Morgan fingerprint density at radius 3 is 2.77 bits per heavy atom. The van der Waals surface area contributed by atoms with Gasteiger partial charge in [-0.15, -0.1) is 5.10 Å². The van der Waals surface area contributed by atoms with E-state index in [-0.39, 0.29) is 17.6 Å². The van der Waals surface area contributed by atoms with Crippen LogP contribution in [0.3, 0.4) is 0 Å². The van der Waals surface area contributed by atoms with E-state index in [4.69, 9.17) is 0 Å². The lowest BCUT2D eigenvalue weighted by atomic mass is 9.79. The van der Waals surface area contributed by atoms with Crippen molar-refractivity contribution in [1.82, 2.24) is 30.1 Å². The lowest BCUT2D eigenvalue weighted by molar-refractivity contribution is -0.126. The Hall–Kier alpha value is -3.29. The van der Waals surface area contributed by atoms with Gasteiger partial charge in [0.25, 0.3) is 0 Å². The molecule has 0 bridgehead atoms. The maximum absolute atomic E-state index is 13.0. The van der Waals surface area contributed by atoms with Gasteiger partial charge in [-0.25, -0.2) is 13.9 Å². The smallest absolute Gasteiger partial charge is 0.223 e. The number of nitrogens with one attached hydrogen (secondary N) is 2. The fourth-order valence-corrected chi connectivity index (χ4v) is 4.45. The molecule has 1 amide bonds. The monoisotopic (exact) mass is 406 g/mol. The number of amides is 1. The van der Waals surface area contributed by atoms with Gasteiger partial charge >= 0.3 is 0 Å². The number of aromatic amines is 1. The van der Waals surface area contributed by atoms with Crippen LogP contribution in [0.15, 0.2) is 42.9 Å². The Morgan fingerprint density at radius 2 is 1.97 bits per heavy atom. The normalized spacial score (nSPS) is 19.4. The first kappa shape index (κ1) is 18.7. The minimum atomic E-state index is -0.242. The third-order valence-corrected chi connectivity index (χ3v) is 6.11. The molecular weight excluding hydrogens is 383 g/mol. The largest absolute Gasteiger partial charge is 0.356 e. The molecule has 5 rings (SSSR count).